The molecule has 0 aliphatic carbocycles. The van der Waals surface area contributed by atoms with E-state index >= 15 is 0 Å². The molecule has 2 N–H and O–H groups in total. The summed E-state index contributed by atoms with van der Waals surface area (Å²) in [4.78, 5) is 44.4. The fourth-order valence-electron chi connectivity index (χ4n) is 2.04. The van der Waals surface area contributed by atoms with E-state index in [0.29, 0.717) is 11.3 Å². The normalized spacial score (nSPS) is 10.2. The molecule has 0 aromatic heterocycles. The van der Waals surface area contributed by atoms with Crippen molar-refractivity contribution < 1.29 is 34.1 Å². The van der Waals surface area contributed by atoms with E-state index < -0.39 is 29.9 Å². The molecule has 0 radical (unpaired) electrons. The zero-order chi connectivity index (χ0) is 19.3. The number of carbonyl (C=O) groups is 4. The molecule has 0 aliphatic heterocycles. The van der Waals surface area contributed by atoms with Crippen LogP contribution in [0, 0.1) is 0 Å². The Hall–Kier alpha value is -3.19. The van der Waals surface area contributed by atoms with E-state index in [-0.39, 0.29) is 22.8 Å². The number of hydrogen-bond acceptors (Lipinski definition) is 5. The van der Waals surface area contributed by atoms with Gasteiger partial charge in [0, 0.05) is 16.1 Å². The highest BCUT2D eigenvalue weighted by Crippen LogP contribution is 2.21. The van der Waals surface area contributed by atoms with Gasteiger partial charge >= 0.3 is 11.9 Å². The van der Waals surface area contributed by atoms with Gasteiger partial charge in [0.25, 0.3) is 0 Å². The molecule has 0 saturated carbocycles. The summed E-state index contributed by atoms with van der Waals surface area (Å²) >= 11 is 6.02. The molecule has 0 aliphatic rings. The summed E-state index contributed by atoms with van der Waals surface area (Å²) < 4.78 is 5.53. The summed E-state index contributed by atoms with van der Waals surface area (Å²) in [6.45, 7) is 0.0322. The highest BCUT2D eigenvalue weighted by atomic mass is 35.5. The molecule has 0 unspecified atom stereocenters. The topological polar surface area (TPSA) is 118 Å². The number of carbonyl (C=O) groups excluding carboxylic acids is 2. The number of carboxylic acid groups (broad SMARTS) is 2. The number of ketones is 2. The van der Waals surface area contributed by atoms with E-state index in [1.807, 2.05) is 0 Å². The molecule has 0 atom stereocenters. The van der Waals surface area contributed by atoms with Gasteiger partial charge in [-0.25, -0.2) is 9.59 Å². The minimum absolute atomic E-state index is 0.0322. The van der Waals surface area contributed by atoms with Gasteiger partial charge in [0.15, 0.2) is 5.78 Å². The first-order valence-electron chi connectivity index (χ1n) is 7.32. The number of aromatic carboxylic acids is 1. The minimum Gasteiger partial charge on any atom is -0.489 e. The summed E-state index contributed by atoms with van der Waals surface area (Å²) in [6, 6.07) is 10.2. The Balaban J connectivity index is 2.07. The lowest BCUT2D eigenvalue weighted by Crippen LogP contribution is -2.17. The SMILES string of the molecule is O=C(O)C(=O)CC(=O)c1cccc(OCc2ccc(C(=O)O)cc2Cl)c1. The molecule has 0 spiro atoms. The van der Waals surface area contributed by atoms with Crippen LogP contribution in [0.2, 0.25) is 5.02 Å². The lowest BCUT2D eigenvalue weighted by atomic mass is 10.1. The van der Waals surface area contributed by atoms with Crippen LogP contribution in [0.15, 0.2) is 42.5 Å². The van der Waals surface area contributed by atoms with Crippen molar-refractivity contribution in [3.63, 3.8) is 0 Å². The van der Waals surface area contributed by atoms with E-state index in [2.05, 4.69) is 0 Å². The van der Waals surface area contributed by atoms with Gasteiger partial charge in [0.05, 0.1) is 12.0 Å². The monoisotopic (exact) mass is 376 g/mol. The number of ether oxygens (including phenoxy) is 1. The van der Waals surface area contributed by atoms with E-state index in [1.54, 1.807) is 6.07 Å². The standard InChI is InChI=1S/C18H13ClO7/c19-14-7-11(17(22)23)4-5-12(14)9-26-13-3-1-2-10(6-13)15(20)8-16(21)18(24)25/h1-7H,8-9H2,(H,22,23)(H,24,25). The molecule has 0 amide bonds. The molecular formula is C18H13ClO7. The molecule has 26 heavy (non-hydrogen) atoms. The number of halogens is 1. The summed E-state index contributed by atoms with van der Waals surface area (Å²) in [5.74, 6) is -4.26. The maximum absolute atomic E-state index is 11.9. The molecule has 0 fully saturated rings. The Kier molecular flexibility index (Phi) is 6.08. The van der Waals surface area contributed by atoms with Crippen LogP contribution >= 0.6 is 11.6 Å². The second-order valence-corrected chi connectivity index (χ2v) is 5.66. The van der Waals surface area contributed by atoms with E-state index in [1.165, 1.54) is 36.4 Å². The quantitative estimate of drug-likeness (QED) is 0.413. The van der Waals surface area contributed by atoms with Crippen LogP contribution in [-0.4, -0.2) is 33.7 Å². The smallest absolute Gasteiger partial charge is 0.372 e. The van der Waals surface area contributed by atoms with Crippen molar-refractivity contribution >= 4 is 35.1 Å². The van der Waals surface area contributed by atoms with Crippen molar-refractivity contribution in [1.82, 2.24) is 0 Å². The van der Waals surface area contributed by atoms with Crippen LogP contribution < -0.4 is 4.74 Å². The zero-order valence-electron chi connectivity index (χ0n) is 13.3. The van der Waals surface area contributed by atoms with Gasteiger partial charge in [-0.1, -0.05) is 29.8 Å². The van der Waals surface area contributed by atoms with Gasteiger partial charge in [-0.3, -0.25) is 9.59 Å². The molecule has 7 nitrogen and oxygen atoms in total. The predicted molar refractivity (Wildman–Crippen MR) is 90.8 cm³/mol. The fraction of sp³-hybridized carbons (Fsp3) is 0.111. The van der Waals surface area contributed by atoms with Crippen LogP contribution in [0.1, 0.15) is 32.7 Å². The molecular weight excluding hydrogens is 364 g/mol. The molecule has 2 rings (SSSR count). The average molecular weight is 377 g/mol. The second kappa shape index (κ2) is 8.26. The Morgan fingerprint density at radius 1 is 0.962 bits per heavy atom. The van der Waals surface area contributed by atoms with Crippen molar-refractivity contribution in [1.29, 1.82) is 0 Å². The zero-order valence-corrected chi connectivity index (χ0v) is 14.0. The number of aliphatic carboxylic acids is 1. The summed E-state index contributed by atoms with van der Waals surface area (Å²) in [6.07, 6.45) is -0.735. The lowest BCUT2D eigenvalue weighted by Gasteiger charge is -2.09. The number of carboxylic acids is 2. The Bertz CT molecular complexity index is 889. The van der Waals surface area contributed by atoms with Crippen molar-refractivity contribution in [2.24, 2.45) is 0 Å². The van der Waals surface area contributed by atoms with Crippen LogP contribution in [0.25, 0.3) is 0 Å². The molecule has 0 heterocycles. The third kappa shape index (κ3) is 4.90. The van der Waals surface area contributed by atoms with Gasteiger partial charge in [-0.2, -0.15) is 0 Å². The number of hydrogen-bond donors (Lipinski definition) is 2. The number of benzene rings is 2. The fourth-order valence-corrected chi connectivity index (χ4v) is 2.28. The van der Waals surface area contributed by atoms with Crippen molar-refractivity contribution in [3.05, 3.63) is 64.2 Å². The first kappa shape index (κ1) is 19.1. The molecule has 0 bridgehead atoms. The average Bonchev–Trinajstić information content (AvgIpc) is 2.60. The van der Waals surface area contributed by atoms with E-state index in [0.717, 1.165) is 0 Å². The van der Waals surface area contributed by atoms with Crippen LogP contribution in [0.5, 0.6) is 5.75 Å². The van der Waals surface area contributed by atoms with Crippen LogP contribution in [-0.2, 0) is 16.2 Å². The first-order chi connectivity index (χ1) is 12.3. The van der Waals surface area contributed by atoms with Crippen molar-refractivity contribution in [3.8, 4) is 5.75 Å². The Morgan fingerprint density at radius 3 is 2.31 bits per heavy atom. The van der Waals surface area contributed by atoms with Crippen molar-refractivity contribution in [2.75, 3.05) is 0 Å². The highest BCUT2D eigenvalue weighted by Gasteiger charge is 2.18. The van der Waals surface area contributed by atoms with Crippen LogP contribution in [0.3, 0.4) is 0 Å². The lowest BCUT2D eigenvalue weighted by molar-refractivity contribution is -0.148. The molecule has 2 aromatic carbocycles. The third-order valence-electron chi connectivity index (χ3n) is 3.41. The van der Waals surface area contributed by atoms with Gasteiger partial charge in [-0.05, 0) is 24.3 Å². The minimum atomic E-state index is -1.66. The molecule has 2 aromatic rings. The number of Topliss-reactive ketones (excluding diaryl/α,β-unsaturated/α-hetero) is 2. The molecule has 134 valence electrons. The second-order valence-electron chi connectivity index (χ2n) is 5.26. The largest absolute Gasteiger partial charge is 0.489 e. The summed E-state index contributed by atoms with van der Waals surface area (Å²) in [5, 5.41) is 17.7. The van der Waals surface area contributed by atoms with Gasteiger partial charge in [0.2, 0.25) is 5.78 Å². The van der Waals surface area contributed by atoms with Crippen molar-refractivity contribution in [2.45, 2.75) is 13.0 Å². The molecule has 0 saturated heterocycles. The Morgan fingerprint density at radius 2 is 1.69 bits per heavy atom. The van der Waals surface area contributed by atoms with Crippen LogP contribution in [0.4, 0.5) is 0 Å². The van der Waals surface area contributed by atoms with E-state index in [9.17, 15) is 19.2 Å². The van der Waals surface area contributed by atoms with E-state index in [4.69, 9.17) is 26.6 Å². The maximum Gasteiger partial charge on any atom is 0.372 e. The summed E-state index contributed by atoms with van der Waals surface area (Å²) in [7, 11) is 0. The van der Waals surface area contributed by atoms with Gasteiger partial charge in [-0.15, -0.1) is 0 Å². The maximum atomic E-state index is 11.9. The van der Waals surface area contributed by atoms with Gasteiger partial charge < -0.3 is 14.9 Å². The summed E-state index contributed by atoms with van der Waals surface area (Å²) in [5.41, 5.74) is 0.744. The number of rotatable bonds is 8. The highest BCUT2D eigenvalue weighted by molar-refractivity contribution is 6.37. The Labute approximate surface area is 152 Å². The van der Waals surface area contributed by atoms with Gasteiger partial charge in [0.1, 0.15) is 12.4 Å². The first-order valence-corrected chi connectivity index (χ1v) is 7.69. The molecule has 8 heteroatoms. The third-order valence-corrected chi connectivity index (χ3v) is 3.76. The predicted octanol–water partition coefficient (Wildman–Crippen LogP) is 2.84.